The van der Waals surface area contributed by atoms with Crippen molar-refractivity contribution in [3.8, 4) is 0 Å². The minimum atomic E-state index is 1.12. The Balaban J connectivity index is 1.92. The van der Waals surface area contributed by atoms with Crippen LogP contribution in [0.3, 0.4) is 0 Å². The summed E-state index contributed by atoms with van der Waals surface area (Å²) in [6.45, 7) is 3.38. The van der Waals surface area contributed by atoms with Gasteiger partial charge >= 0.3 is 0 Å². The van der Waals surface area contributed by atoms with Crippen molar-refractivity contribution < 1.29 is 0 Å². The van der Waals surface area contributed by atoms with E-state index in [0.29, 0.717) is 0 Å². The van der Waals surface area contributed by atoms with Crippen molar-refractivity contribution in [3.05, 3.63) is 47.8 Å². The highest BCUT2D eigenvalue weighted by molar-refractivity contribution is 5.78. The zero-order chi connectivity index (χ0) is 13.1. The summed E-state index contributed by atoms with van der Waals surface area (Å²) in [5.74, 6) is 0. The molecule has 19 heavy (non-hydrogen) atoms. The summed E-state index contributed by atoms with van der Waals surface area (Å²) in [4.78, 5) is 2.49. The first kappa shape index (κ1) is 12.3. The third-order valence-corrected chi connectivity index (χ3v) is 3.90. The third kappa shape index (κ3) is 2.40. The maximum atomic E-state index is 3.61. The van der Waals surface area contributed by atoms with Crippen LogP contribution in [0.25, 0.3) is 0 Å². The van der Waals surface area contributed by atoms with Crippen molar-refractivity contribution in [2.24, 2.45) is 0 Å². The fourth-order valence-corrected chi connectivity index (χ4v) is 2.90. The zero-order valence-corrected chi connectivity index (χ0v) is 11.7. The van der Waals surface area contributed by atoms with Gasteiger partial charge in [-0.1, -0.05) is 38.0 Å². The van der Waals surface area contributed by atoms with E-state index >= 15 is 0 Å². The van der Waals surface area contributed by atoms with Crippen LogP contribution in [0.4, 0.5) is 11.4 Å². The van der Waals surface area contributed by atoms with Crippen LogP contribution >= 0.6 is 0 Å². The number of unbranched alkanes of at least 4 members (excludes halogenated alkanes) is 2. The number of nitrogens with one attached hydrogen (secondary N) is 1. The van der Waals surface area contributed by atoms with Crippen molar-refractivity contribution in [2.45, 2.75) is 39.0 Å². The number of rotatable bonds is 4. The Bertz CT molecular complexity index is 514. The van der Waals surface area contributed by atoms with E-state index in [0.717, 1.165) is 19.4 Å². The summed E-state index contributed by atoms with van der Waals surface area (Å²) in [5.41, 5.74) is 5.34. The Labute approximate surface area is 115 Å². The lowest BCUT2D eigenvalue weighted by Crippen LogP contribution is -2.30. The average Bonchev–Trinajstić information content (AvgIpc) is 2.46. The molecular weight excluding hydrogens is 232 g/mol. The molecule has 0 saturated heterocycles. The molecule has 1 aliphatic heterocycles. The first-order valence-electron chi connectivity index (χ1n) is 7.43. The second-order valence-corrected chi connectivity index (χ2v) is 5.31. The molecule has 2 heteroatoms. The highest BCUT2D eigenvalue weighted by atomic mass is 15.2. The van der Waals surface area contributed by atoms with Gasteiger partial charge in [0.2, 0.25) is 0 Å². The van der Waals surface area contributed by atoms with Gasteiger partial charge in [0.15, 0.2) is 0 Å². The second kappa shape index (κ2) is 5.52. The Hall–Kier alpha value is -1.70. The van der Waals surface area contributed by atoms with Gasteiger partial charge in [0.25, 0.3) is 0 Å². The van der Waals surface area contributed by atoms with E-state index in [2.05, 4.69) is 53.6 Å². The number of hydrogen-bond acceptors (Lipinski definition) is 2. The quantitative estimate of drug-likeness (QED) is 0.785. The summed E-state index contributed by atoms with van der Waals surface area (Å²) in [6.07, 6.45) is 10.7. The van der Waals surface area contributed by atoms with Gasteiger partial charge < -0.3 is 10.2 Å². The molecule has 1 aromatic rings. The van der Waals surface area contributed by atoms with Gasteiger partial charge in [-0.25, -0.2) is 0 Å². The number of benzene rings is 1. The molecular formula is C17H22N2. The molecule has 0 bridgehead atoms. The molecule has 0 amide bonds. The second-order valence-electron chi connectivity index (χ2n) is 5.31. The lowest BCUT2D eigenvalue weighted by Gasteiger charge is -2.36. The molecule has 1 heterocycles. The van der Waals surface area contributed by atoms with Crippen LogP contribution in [-0.2, 0) is 0 Å². The van der Waals surface area contributed by atoms with Crippen molar-refractivity contribution in [1.82, 2.24) is 0 Å². The molecule has 0 atom stereocenters. The van der Waals surface area contributed by atoms with E-state index in [9.17, 15) is 0 Å². The van der Waals surface area contributed by atoms with Crippen molar-refractivity contribution >= 4 is 11.4 Å². The van der Waals surface area contributed by atoms with Crippen LogP contribution in [-0.4, -0.2) is 6.54 Å². The van der Waals surface area contributed by atoms with Crippen molar-refractivity contribution in [3.63, 3.8) is 0 Å². The Morgan fingerprint density at radius 2 is 2.11 bits per heavy atom. The van der Waals surface area contributed by atoms with E-state index in [-0.39, 0.29) is 0 Å². The monoisotopic (exact) mass is 254 g/mol. The molecule has 0 unspecified atom stereocenters. The lowest BCUT2D eigenvalue weighted by atomic mass is 10.0. The Morgan fingerprint density at radius 1 is 1.21 bits per heavy atom. The van der Waals surface area contributed by atoms with Crippen LogP contribution in [0.2, 0.25) is 0 Å². The molecule has 3 rings (SSSR count). The van der Waals surface area contributed by atoms with Crippen LogP contribution in [0.1, 0.15) is 39.0 Å². The molecule has 1 N–H and O–H groups in total. The first-order valence-corrected chi connectivity index (χ1v) is 7.43. The average molecular weight is 254 g/mol. The molecule has 0 spiro atoms. The van der Waals surface area contributed by atoms with E-state index in [4.69, 9.17) is 0 Å². The van der Waals surface area contributed by atoms with Gasteiger partial charge in [0.05, 0.1) is 17.1 Å². The number of allylic oxidation sites excluding steroid dienone is 3. The summed E-state index contributed by atoms with van der Waals surface area (Å²) < 4.78 is 0. The summed E-state index contributed by atoms with van der Waals surface area (Å²) in [7, 11) is 0. The van der Waals surface area contributed by atoms with Crippen LogP contribution < -0.4 is 10.2 Å². The number of para-hydroxylation sites is 2. The van der Waals surface area contributed by atoms with Crippen LogP contribution in [0.15, 0.2) is 47.8 Å². The molecule has 0 saturated carbocycles. The molecule has 0 aromatic heterocycles. The number of hydrogen-bond donors (Lipinski definition) is 1. The summed E-state index contributed by atoms with van der Waals surface area (Å²) in [6, 6.07) is 8.65. The smallest absolute Gasteiger partial charge is 0.0650 e. The van der Waals surface area contributed by atoms with Crippen molar-refractivity contribution in [2.75, 3.05) is 16.8 Å². The highest BCUT2D eigenvalue weighted by Gasteiger charge is 2.23. The maximum absolute atomic E-state index is 3.61. The van der Waals surface area contributed by atoms with Gasteiger partial charge in [-0.2, -0.15) is 0 Å². The molecule has 0 radical (unpaired) electrons. The van der Waals surface area contributed by atoms with Gasteiger partial charge in [-0.05, 0) is 37.5 Å². The standard InChI is InChI=1S/C17H22N2/c1-2-3-8-13-19-16-11-6-4-9-14(16)18-15-10-5-7-12-17(15)19/h4,6-7,9,11-12,18H,2-3,5,8,10,13H2,1H3. The normalized spacial score (nSPS) is 17.0. The van der Waals surface area contributed by atoms with Gasteiger partial charge in [0.1, 0.15) is 0 Å². The van der Waals surface area contributed by atoms with E-state index in [1.54, 1.807) is 0 Å². The number of anilines is 2. The number of fused-ring (bicyclic) bond motifs is 1. The van der Waals surface area contributed by atoms with E-state index in [1.807, 2.05) is 0 Å². The van der Waals surface area contributed by atoms with E-state index < -0.39 is 0 Å². The van der Waals surface area contributed by atoms with Gasteiger partial charge in [-0.15, -0.1) is 0 Å². The molecule has 100 valence electrons. The third-order valence-electron chi connectivity index (χ3n) is 3.90. The predicted molar refractivity (Wildman–Crippen MR) is 82.3 cm³/mol. The topological polar surface area (TPSA) is 15.3 Å². The highest BCUT2D eigenvalue weighted by Crippen LogP contribution is 2.38. The largest absolute Gasteiger partial charge is 0.355 e. The first-order chi connectivity index (χ1) is 9.40. The minimum Gasteiger partial charge on any atom is -0.355 e. The summed E-state index contributed by atoms with van der Waals surface area (Å²) in [5, 5.41) is 3.61. The number of nitrogens with zero attached hydrogens (tertiary/aromatic N) is 1. The van der Waals surface area contributed by atoms with Crippen LogP contribution in [0, 0.1) is 0 Å². The van der Waals surface area contributed by atoms with Gasteiger partial charge in [0, 0.05) is 12.2 Å². The molecule has 1 aromatic carbocycles. The molecule has 2 nitrogen and oxygen atoms in total. The molecule has 2 aliphatic rings. The lowest BCUT2D eigenvalue weighted by molar-refractivity contribution is 0.701. The van der Waals surface area contributed by atoms with E-state index in [1.165, 1.54) is 42.0 Å². The van der Waals surface area contributed by atoms with Gasteiger partial charge in [-0.3, -0.25) is 0 Å². The van der Waals surface area contributed by atoms with Crippen LogP contribution in [0.5, 0.6) is 0 Å². The Morgan fingerprint density at radius 3 is 3.00 bits per heavy atom. The molecule has 0 fully saturated rings. The van der Waals surface area contributed by atoms with Crippen molar-refractivity contribution in [1.29, 1.82) is 0 Å². The Kier molecular flexibility index (Phi) is 3.58. The fraction of sp³-hybridized carbons (Fsp3) is 0.412. The fourth-order valence-electron chi connectivity index (χ4n) is 2.90. The molecule has 1 aliphatic carbocycles. The zero-order valence-electron chi connectivity index (χ0n) is 11.7. The maximum Gasteiger partial charge on any atom is 0.0650 e. The summed E-state index contributed by atoms with van der Waals surface area (Å²) >= 11 is 0. The SMILES string of the molecule is CCCCCN1C2=C(CCC=C2)Nc2ccccc21. The predicted octanol–water partition coefficient (Wildman–Crippen LogP) is 4.67. The minimum absolute atomic E-state index is 1.12.